The van der Waals surface area contributed by atoms with Crippen LogP contribution >= 0.6 is 0 Å². The fourth-order valence-corrected chi connectivity index (χ4v) is 1.56. The highest BCUT2D eigenvalue weighted by Gasteiger charge is 2.34. The number of phenolic OH excluding ortho intramolecular Hbond substituents is 1. The van der Waals surface area contributed by atoms with Gasteiger partial charge in [-0.15, -0.1) is 0 Å². The molecule has 0 aliphatic carbocycles. The Labute approximate surface area is 95.4 Å². The summed E-state index contributed by atoms with van der Waals surface area (Å²) in [5.74, 6) is -0.203. The molecule has 0 aliphatic rings. The van der Waals surface area contributed by atoms with Crippen LogP contribution < -0.4 is 0 Å². The van der Waals surface area contributed by atoms with Crippen LogP contribution in [0.1, 0.15) is 5.56 Å². The van der Waals surface area contributed by atoms with E-state index in [-0.39, 0.29) is 16.9 Å². The van der Waals surface area contributed by atoms with Crippen molar-refractivity contribution < 1.29 is 18.3 Å². The molecule has 2 nitrogen and oxygen atoms in total. The molecule has 5 heteroatoms. The predicted octanol–water partition coefficient (Wildman–Crippen LogP) is 3.47. The van der Waals surface area contributed by atoms with Crippen LogP contribution in [-0.4, -0.2) is 10.1 Å². The highest BCUT2D eigenvalue weighted by Crippen LogP contribution is 2.39. The van der Waals surface area contributed by atoms with Gasteiger partial charge in [-0.05, 0) is 12.1 Å². The maximum atomic E-state index is 12.8. The summed E-state index contributed by atoms with van der Waals surface area (Å²) in [5, 5.41) is 9.56. The molecule has 1 aromatic carbocycles. The normalized spacial score (nSPS) is 11.5. The van der Waals surface area contributed by atoms with Crippen LogP contribution in [0.15, 0.2) is 42.7 Å². The second-order valence-corrected chi connectivity index (χ2v) is 3.44. The molecule has 2 rings (SSSR count). The first-order chi connectivity index (χ1) is 8.00. The molecule has 1 heterocycles. The number of phenols is 1. The van der Waals surface area contributed by atoms with Crippen molar-refractivity contribution in [3.63, 3.8) is 0 Å². The van der Waals surface area contributed by atoms with Gasteiger partial charge in [0.05, 0.1) is 5.56 Å². The molecule has 17 heavy (non-hydrogen) atoms. The van der Waals surface area contributed by atoms with E-state index >= 15 is 0 Å². The van der Waals surface area contributed by atoms with Crippen LogP contribution in [-0.2, 0) is 6.18 Å². The van der Waals surface area contributed by atoms with Crippen molar-refractivity contribution in [3.8, 4) is 16.9 Å². The quantitative estimate of drug-likeness (QED) is 0.826. The monoisotopic (exact) mass is 239 g/mol. The van der Waals surface area contributed by atoms with Gasteiger partial charge in [-0.2, -0.15) is 13.2 Å². The summed E-state index contributed by atoms with van der Waals surface area (Å²) < 4.78 is 38.3. The number of benzene rings is 1. The van der Waals surface area contributed by atoms with Crippen LogP contribution in [0.5, 0.6) is 5.75 Å². The Kier molecular flexibility index (Phi) is 2.75. The minimum Gasteiger partial charge on any atom is -0.507 e. The third-order valence-corrected chi connectivity index (χ3v) is 2.32. The SMILES string of the molecule is Oc1ccccc1-c1cnccc1C(F)(F)F. The Hall–Kier alpha value is -2.04. The van der Waals surface area contributed by atoms with Crippen LogP contribution in [0.3, 0.4) is 0 Å². The number of aromatic nitrogens is 1. The Morgan fingerprint density at radius 3 is 2.35 bits per heavy atom. The van der Waals surface area contributed by atoms with Crippen molar-refractivity contribution in [1.82, 2.24) is 4.98 Å². The van der Waals surface area contributed by atoms with Crippen LogP contribution in [0.25, 0.3) is 11.1 Å². The zero-order chi connectivity index (χ0) is 12.5. The Bertz CT molecular complexity index is 537. The lowest BCUT2D eigenvalue weighted by Gasteiger charge is -2.12. The summed E-state index contributed by atoms with van der Waals surface area (Å²) in [6.45, 7) is 0. The van der Waals surface area contributed by atoms with Crippen molar-refractivity contribution >= 4 is 0 Å². The molecule has 0 unspecified atom stereocenters. The lowest BCUT2D eigenvalue weighted by molar-refractivity contribution is -0.137. The van der Waals surface area contributed by atoms with E-state index in [4.69, 9.17) is 0 Å². The Morgan fingerprint density at radius 1 is 1.00 bits per heavy atom. The van der Waals surface area contributed by atoms with Gasteiger partial charge in [0, 0.05) is 23.5 Å². The van der Waals surface area contributed by atoms with E-state index in [2.05, 4.69) is 4.98 Å². The molecule has 0 atom stereocenters. The fraction of sp³-hybridized carbons (Fsp3) is 0.0833. The highest BCUT2D eigenvalue weighted by molar-refractivity contribution is 5.72. The first-order valence-corrected chi connectivity index (χ1v) is 4.79. The zero-order valence-electron chi connectivity index (χ0n) is 8.57. The Morgan fingerprint density at radius 2 is 1.71 bits per heavy atom. The average molecular weight is 239 g/mol. The number of aromatic hydroxyl groups is 1. The molecule has 1 N–H and O–H groups in total. The van der Waals surface area contributed by atoms with E-state index in [9.17, 15) is 18.3 Å². The fourth-order valence-electron chi connectivity index (χ4n) is 1.56. The van der Waals surface area contributed by atoms with Gasteiger partial charge in [0.25, 0.3) is 0 Å². The largest absolute Gasteiger partial charge is 0.507 e. The van der Waals surface area contributed by atoms with E-state index in [0.717, 1.165) is 18.5 Å². The number of halogens is 3. The van der Waals surface area contributed by atoms with Gasteiger partial charge in [0.2, 0.25) is 0 Å². The first-order valence-electron chi connectivity index (χ1n) is 4.79. The maximum Gasteiger partial charge on any atom is 0.417 e. The van der Waals surface area contributed by atoms with Crippen molar-refractivity contribution in [2.24, 2.45) is 0 Å². The number of hydrogen-bond donors (Lipinski definition) is 1. The van der Waals surface area contributed by atoms with Crippen molar-refractivity contribution in [3.05, 3.63) is 48.3 Å². The third-order valence-electron chi connectivity index (χ3n) is 2.32. The number of hydrogen-bond acceptors (Lipinski definition) is 2. The molecule has 1 aromatic heterocycles. The maximum absolute atomic E-state index is 12.8. The summed E-state index contributed by atoms with van der Waals surface area (Å²) in [7, 11) is 0. The van der Waals surface area contributed by atoms with Crippen LogP contribution in [0, 0.1) is 0 Å². The van der Waals surface area contributed by atoms with E-state index in [0.29, 0.717) is 0 Å². The van der Waals surface area contributed by atoms with Gasteiger partial charge in [-0.3, -0.25) is 4.98 Å². The molecule has 2 aromatic rings. The first kappa shape index (κ1) is 11.4. The second kappa shape index (κ2) is 4.08. The topological polar surface area (TPSA) is 33.1 Å². The summed E-state index contributed by atoms with van der Waals surface area (Å²) in [4.78, 5) is 3.67. The van der Waals surface area contributed by atoms with E-state index in [1.54, 1.807) is 12.1 Å². The molecule has 0 fully saturated rings. The molecule has 0 bridgehead atoms. The van der Waals surface area contributed by atoms with Gasteiger partial charge in [0.1, 0.15) is 5.75 Å². The summed E-state index contributed by atoms with van der Waals surface area (Å²) in [6, 6.07) is 6.75. The number of rotatable bonds is 1. The smallest absolute Gasteiger partial charge is 0.417 e. The summed E-state index contributed by atoms with van der Waals surface area (Å²) in [5.41, 5.74) is -0.819. The molecule has 0 saturated carbocycles. The minimum atomic E-state index is -4.47. The molecule has 0 spiro atoms. The zero-order valence-corrected chi connectivity index (χ0v) is 8.57. The molecule has 0 aliphatic heterocycles. The number of alkyl halides is 3. The summed E-state index contributed by atoms with van der Waals surface area (Å²) >= 11 is 0. The van der Waals surface area contributed by atoms with Gasteiger partial charge in [-0.1, -0.05) is 18.2 Å². The third kappa shape index (κ3) is 2.22. The summed E-state index contributed by atoms with van der Waals surface area (Å²) in [6.07, 6.45) is -2.30. The second-order valence-electron chi connectivity index (χ2n) is 3.44. The molecule has 0 amide bonds. The van der Waals surface area contributed by atoms with Crippen molar-refractivity contribution in [2.45, 2.75) is 6.18 Å². The molecule has 0 saturated heterocycles. The molecular formula is C12H8F3NO. The number of pyridine rings is 1. The number of para-hydroxylation sites is 1. The highest BCUT2D eigenvalue weighted by atomic mass is 19.4. The van der Waals surface area contributed by atoms with Crippen molar-refractivity contribution in [1.29, 1.82) is 0 Å². The van der Waals surface area contributed by atoms with Gasteiger partial charge in [-0.25, -0.2) is 0 Å². The lowest BCUT2D eigenvalue weighted by Crippen LogP contribution is -2.07. The Balaban J connectivity index is 2.65. The molecule has 88 valence electrons. The van der Waals surface area contributed by atoms with Crippen LogP contribution in [0.2, 0.25) is 0 Å². The van der Waals surface area contributed by atoms with E-state index in [1.165, 1.54) is 12.1 Å². The molecular weight excluding hydrogens is 231 g/mol. The predicted molar refractivity (Wildman–Crippen MR) is 56.3 cm³/mol. The van der Waals surface area contributed by atoms with Crippen LogP contribution in [0.4, 0.5) is 13.2 Å². The van der Waals surface area contributed by atoms with Crippen molar-refractivity contribution in [2.75, 3.05) is 0 Å². The minimum absolute atomic E-state index is 0.118. The molecule has 0 radical (unpaired) electrons. The lowest BCUT2D eigenvalue weighted by atomic mass is 10.0. The number of nitrogens with zero attached hydrogens (tertiary/aromatic N) is 1. The van der Waals surface area contributed by atoms with Gasteiger partial charge >= 0.3 is 6.18 Å². The van der Waals surface area contributed by atoms with Gasteiger partial charge in [0.15, 0.2) is 0 Å². The van der Waals surface area contributed by atoms with Gasteiger partial charge < -0.3 is 5.11 Å². The van der Waals surface area contributed by atoms with E-state index in [1.807, 2.05) is 0 Å². The van der Waals surface area contributed by atoms with E-state index < -0.39 is 11.7 Å². The average Bonchev–Trinajstić information content (AvgIpc) is 2.28. The standard InChI is InChI=1S/C12H8F3NO/c13-12(14,15)10-5-6-16-7-9(10)8-3-1-2-4-11(8)17/h1-7,17H.